The summed E-state index contributed by atoms with van der Waals surface area (Å²) in [5.74, 6) is 1.36. The number of hydrogen-bond acceptors (Lipinski definition) is 7. The van der Waals surface area contributed by atoms with Crippen LogP contribution in [0.3, 0.4) is 0 Å². The Balaban J connectivity index is 1.44. The van der Waals surface area contributed by atoms with Crippen LogP contribution in [0.1, 0.15) is 20.8 Å². The number of fused-ring (bicyclic) bond motifs is 1. The molecule has 0 aliphatic carbocycles. The maximum atomic E-state index is 12.2. The Morgan fingerprint density at radius 3 is 2.32 bits per heavy atom. The number of carbonyl (C=O) groups is 1. The number of piperazine rings is 1. The van der Waals surface area contributed by atoms with Crippen molar-refractivity contribution in [2.45, 2.75) is 26.4 Å². The van der Waals surface area contributed by atoms with E-state index in [1.807, 2.05) is 49.7 Å². The van der Waals surface area contributed by atoms with Crippen LogP contribution in [-0.2, 0) is 4.74 Å². The number of nitro groups is 1. The molecule has 0 saturated carbocycles. The molecule has 0 bridgehead atoms. The first-order chi connectivity index (χ1) is 14.7. The summed E-state index contributed by atoms with van der Waals surface area (Å²) >= 11 is 0. The van der Waals surface area contributed by atoms with Crippen molar-refractivity contribution in [3.63, 3.8) is 0 Å². The number of hydrogen-bond donors (Lipinski definition) is 0. The summed E-state index contributed by atoms with van der Waals surface area (Å²) in [5, 5.41) is 20.4. The van der Waals surface area contributed by atoms with Crippen LogP contribution in [0.25, 0.3) is 16.7 Å². The van der Waals surface area contributed by atoms with Crippen LogP contribution in [0.4, 0.5) is 16.3 Å². The molecule has 1 saturated heterocycles. The van der Waals surface area contributed by atoms with Gasteiger partial charge < -0.3 is 14.5 Å². The van der Waals surface area contributed by atoms with Gasteiger partial charge in [-0.15, -0.1) is 10.2 Å². The molecular weight excluding hydrogens is 400 g/mol. The van der Waals surface area contributed by atoms with Gasteiger partial charge in [0.25, 0.3) is 5.69 Å². The number of ether oxygens (including phenoxy) is 1. The third-order valence-electron chi connectivity index (χ3n) is 5.02. The second-order valence-electron chi connectivity index (χ2n) is 8.39. The standard InChI is InChI=1S/C21H24N6O4/c1-21(2,3)31-20(28)25-12-10-24(11-13-25)18-6-7-19(23-22-18)26-9-8-15-14-16(27(29)30)4-5-17(15)26/h4-9,14H,10-13H2,1-3H3. The predicted molar refractivity (Wildman–Crippen MR) is 116 cm³/mol. The Morgan fingerprint density at radius 2 is 1.71 bits per heavy atom. The maximum absolute atomic E-state index is 12.2. The highest BCUT2D eigenvalue weighted by molar-refractivity contribution is 5.83. The molecule has 1 aliphatic heterocycles. The minimum Gasteiger partial charge on any atom is -0.444 e. The van der Waals surface area contributed by atoms with Gasteiger partial charge in [-0.3, -0.25) is 14.7 Å². The van der Waals surface area contributed by atoms with Gasteiger partial charge >= 0.3 is 6.09 Å². The van der Waals surface area contributed by atoms with Crippen LogP contribution in [0.5, 0.6) is 0 Å². The first-order valence-electron chi connectivity index (χ1n) is 10.0. The fourth-order valence-corrected chi connectivity index (χ4v) is 3.50. The number of aromatic nitrogens is 3. The van der Waals surface area contributed by atoms with Gasteiger partial charge in [0.1, 0.15) is 5.60 Å². The molecule has 0 spiro atoms. The van der Waals surface area contributed by atoms with Crippen LogP contribution in [0.15, 0.2) is 42.6 Å². The Morgan fingerprint density at radius 1 is 1.03 bits per heavy atom. The summed E-state index contributed by atoms with van der Waals surface area (Å²) in [4.78, 5) is 26.6. The number of anilines is 1. The van der Waals surface area contributed by atoms with Crippen molar-refractivity contribution < 1.29 is 14.5 Å². The highest BCUT2D eigenvalue weighted by Crippen LogP contribution is 2.24. The minimum atomic E-state index is -0.511. The topological polar surface area (TPSA) is 107 Å². The van der Waals surface area contributed by atoms with Gasteiger partial charge in [0.05, 0.1) is 10.4 Å². The van der Waals surface area contributed by atoms with Gasteiger partial charge in [0.2, 0.25) is 0 Å². The average Bonchev–Trinajstić information content (AvgIpc) is 3.16. The van der Waals surface area contributed by atoms with E-state index in [1.54, 1.807) is 11.0 Å². The number of nitro benzene ring substituents is 1. The van der Waals surface area contributed by atoms with Gasteiger partial charge in [-0.25, -0.2) is 4.79 Å². The zero-order valence-electron chi connectivity index (χ0n) is 17.7. The fourth-order valence-electron chi connectivity index (χ4n) is 3.50. The highest BCUT2D eigenvalue weighted by Gasteiger charge is 2.26. The van der Waals surface area contributed by atoms with Crippen LogP contribution >= 0.6 is 0 Å². The molecule has 0 radical (unpaired) electrons. The molecule has 2 aromatic heterocycles. The van der Waals surface area contributed by atoms with Gasteiger partial charge in [-0.1, -0.05) is 0 Å². The van der Waals surface area contributed by atoms with E-state index in [0.717, 1.165) is 16.7 Å². The molecule has 3 aromatic rings. The minimum absolute atomic E-state index is 0.0530. The predicted octanol–water partition coefficient (Wildman–Crippen LogP) is 3.39. The Kier molecular flexibility index (Phi) is 5.22. The summed E-state index contributed by atoms with van der Waals surface area (Å²) in [6.45, 7) is 7.96. The van der Waals surface area contributed by atoms with Crippen LogP contribution in [-0.4, -0.2) is 62.5 Å². The molecule has 1 aromatic carbocycles. The third-order valence-corrected chi connectivity index (χ3v) is 5.02. The van der Waals surface area contributed by atoms with E-state index in [1.165, 1.54) is 12.1 Å². The van der Waals surface area contributed by atoms with Crippen molar-refractivity contribution in [2.75, 3.05) is 31.1 Å². The van der Waals surface area contributed by atoms with Crippen LogP contribution in [0, 0.1) is 10.1 Å². The summed E-state index contributed by atoms with van der Waals surface area (Å²) in [7, 11) is 0. The SMILES string of the molecule is CC(C)(C)OC(=O)N1CCN(c2ccc(-n3ccc4cc([N+](=O)[O-])ccc43)nn2)CC1. The molecule has 162 valence electrons. The van der Waals surface area contributed by atoms with Crippen molar-refractivity contribution in [3.8, 4) is 5.82 Å². The number of carbonyl (C=O) groups excluding carboxylic acids is 1. The van der Waals surface area contributed by atoms with E-state index < -0.39 is 10.5 Å². The molecule has 1 aliphatic rings. The fraction of sp³-hybridized carbons (Fsp3) is 0.381. The lowest BCUT2D eigenvalue weighted by Crippen LogP contribution is -2.50. The van der Waals surface area contributed by atoms with Crippen molar-refractivity contribution in [1.82, 2.24) is 19.7 Å². The summed E-state index contributed by atoms with van der Waals surface area (Å²) in [5.41, 5.74) is 0.360. The molecule has 3 heterocycles. The first-order valence-corrected chi connectivity index (χ1v) is 10.0. The van der Waals surface area contributed by atoms with Crippen LogP contribution in [0.2, 0.25) is 0 Å². The van der Waals surface area contributed by atoms with E-state index in [2.05, 4.69) is 15.1 Å². The van der Waals surface area contributed by atoms with Crippen molar-refractivity contribution in [1.29, 1.82) is 0 Å². The number of non-ortho nitro benzene ring substituents is 1. The Bertz CT molecular complexity index is 1110. The molecule has 0 unspecified atom stereocenters. The first kappa shape index (κ1) is 20.6. The van der Waals surface area contributed by atoms with E-state index in [0.29, 0.717) is 32.0 Å². The lowest BCUT2D eigenvalue weighted by Gasteiger charge is -2.35. The van der Waals surface area contributed by atoms with Crippen molar-refractivity contribution >= 4 is 28.5 Å². The molecule has 31 heavy (non-hydrogen) atoms. The smallest absolute Gasteiger partial charge is 0.410 e. The van der Waals surface area contributed by atoms with E-state index >= 15 is 0 Å². The van der Waals surface area contributed by atoms with Gasteiger partial charge in [-0.2, -0.15) is 0 Å². The number of nitrogens with zero attached hydrogens (tertiary/aromatic N) is 6. The van der Waals surface area contributed by atoms with Gasteiger partial charge in [-0.05, 0) is 45.0 Å². The maximum Gasteiger partial charge on any atom is 0.410 e. The highest BCUT2D eigenvalue weighted by atomic mass is 16.6. The molecule has 1 amide bonds. The number of rotatable bonds is 3. The Labute approximate surface area is 179 Å². The normalized spacial score (nSPS) is 14.7. The van der Waals surface area contributed by atoms with Crippen LogP contribution < -0.4 is 4.90 Å². The van der Waals surface area contributed by atoms with E-state index in [4.69, 9.17) is 4.74 Å². The lowest BCUT2D eigenvalue weighted by molar-refractivity contribution is -0.384. The number of benzene rings is 1. The second-order valence-corrected chi connectivity index (χ2v) is 8.39. The summed E-state index contributed by atoms with van der Waals surface area (Å²) in [6.07, 6.45) is 1.52. The molecule has 0 N–H and O–H groups in total. The monoisotopic (exact) mass is 424 g/mol. The molecule has 10 nitrogen and oxygen atoms in total. The second kappa shape index (κ2) is 7.86. The van der Waals surface area contributed by atoms with E-state index in [-0.39, 0.29) is 11.8 Å². The zero-order valence-corrected chi connectivity index (χ0v) is 17.7. The average molecular weight is 424 g/mol. The molecule has 1 fully saturated rings. The molecule has 0 atom stereocenters. The zero-order chi connectivity index (χ0) is 22.2. The van der Waals surface area contributed by atoms with Gasteiger partial charge in [0.15, 0.2) is 11.6 Å². The summed E-state index contributed by atoms with van der Waals surface area (Å²) in [6, 6.07) is 10.3. The lowest BCUT2D eigenvalue weighted by atomic mass is 10.2. The largest absolute Gasteiger partial charge is 0.444 e. The quantitative estimate of drug-likeness (QED) is 0.468. The van der Waals surface area contributed by atoms with E-state index in [9.17, 15) is 14.9 Å². The number of amides is 1. The third kappa shape index (κ3) is 4.42. The van der Waals surface area contributed by atoms with Crippen molar-refractivity contribution in [2.24, 2.45) is 0 Å². The Hall–Kier alpha value is -3.69. The van der Waals surface area contributed by atoms with Gasteiger partial charge in [0, 0.05) is 49.9 Å². The molecular formula is C21H24N6O4. The molecule has 4 rings (SSSR count). The molecule has 10 heteroatoms. The van der Waals surface area contributed by atoms with Crippen molar-refractivity contribution in [3.05, 3.63) is 52.7 Å². The summed E-state index contributed by atoms with van der Waals surface area (Å²) < 4.78 is 7.27.